The van der Waals surface area contributed by atoms with Gasteiger partial charge in [-0.1, -0.05) is 18.2 Å². The zero-order valence-corrected chi connectivity index (χ0v) is 17.8. The van der Waals surface area contributed by atoms with E-state index in [1.165, 1.54) is 30.2 Å². The zero-order chi connectivity index (χ0) is 23.4. The van der Waals surface area contributed by atoms with Crippen LogP contribution in [0.15, 0.2) is 72.8 Å². The molecule has 168 valence electrons. The number of ether oxygens (including phenoxy) is 2. The Balaban J connectivity index is 1.41. The van der Waals surface area contributed by atoms with E-state index in [2.05, 4.69) is 5.32 Å². The minimum absolute atomic E-state index is 0.0289. The lowest BCUT2D eigenvalue weighted by molar-refractivity contribution is -0.384. The Bertz CT molecular complexity index is 1180. The number of methoxy groups -OCH3 is 1. The van der Waals surface area contributed by atoms with Gasteiger partial charge in [0.05, 0.1) is 29.7 Å². The van der Waals surface area contributed by atoms with E-state index in [9.17, 15) is 19.7 Å². The molecule has 0 saturated carbocycles. The lowest BCUT2D eigenvalue weighted by Gasteiger charge is -2.19. The minimum Gasteiger partial charge on any atom is -0.494 e. The Morgan fingerprint density at radius 2 is 1.76 bits per heavy atom. The van der Waals surface area contributed by atoms with Gasteiger partial charge in [0.15, 0.2) is 0 Å². The fraction of sp³-hybridized carbons (Fsp3) is 0.167. The van der Waals surface area contributed by atoms with Crippen molar-refractivity contribution in [2.45, 2.75) is 6.42 Å². The molecule has 1 aliphatic rings. The number of non-ortho nitro benzene ring substituents is 1. The molecule has 0 spiro atoms. The van der Waals surface area contributed by atoms with Crippen molar-refractivity contribution in [2.24, 2.45) is 5.92 Å². The number of nitrogens with zero attached hydrogens (tertiary/aromatic N) is 2. The summed E-state index contributed by atoms with van der Waals surface area (Å²) in [6.07, 6.45) is 0.0289. The summed E-state index contributed by atoms with van der Waals surface area (Å²) in [4.78, 5) is 37.2. The number of nitro groups is 1. The molecule has 3 aromatic rings. The molecule has 0 aliphatic carbocycles. The highest BCUT2D eigenvalue weighted by Crippen LogP contribution is 2.36. The Labute approximate surface area is 189 Å². The molecule has 1 N–H and O–H groups in total. The Hall–Kier alpha value is -4.40. The van der Waals surface area contributed by atoms with E-state index in [0.29, 0.717) is 22.9 Å². The van der Waals surface area contributed by atoms with Crippen LogP contribution in [0.3, 0.4) is 0 Å². The van der Waals surface area contributed by atoms with Gasteiger partial charge in [0, 0.05) is 24.7 Å². The van der Waals surface area contributed by atoms with Crippen LogP contribution in [-0.4, -0.2) is 30.4 Å². The highest BCUT2D eigenvalue weighted by atomic mass is 16.6. The van der Waals surface area contributed by atoms with Gasteiger partial charge in [-0.3, -0.25) is 19.7 Å². The summed E-state index contributed by atoms with van der Waals surface area (Å²) >= 11 is 0. The summed E-state index contributed by atoms with van der Waals surface area (Å²) in [5.74, 6) is 0.426. The maximum absolute atomic E-state index is 12.8. The maximum Gasteiger partial charge on any atom is 0.273 e. The molecule has 2 amide bonds. The summed E-state index contributed by atoms with van der Waals surface area (Å²) in [7, 11) is 1.37. The van der Waals surface area contributed by atoms with E-state index in [-0.39, 0.29) is 36.2 Å². The number of amides is 2. The van der Waals surface area contributed by atoms with Crippen molar-refractivity contribution < 1.29 is 24.0 Å². The van der Waals surface area contributed by atoms with Gasteiger partial charge < -0.3 is 19.7 Å². The molecular weight excluding hydrogens is 426 g/mol. The van der Waals surface area contributed by atoms with Crippen LogP contribution in [0.2, 0.25) is 0 Å². The molecule has 0 radical (unpaired) electrons. The monoisotopic (exact) mass is 447 g/mol. The Morgan fingerprint density at radius 3 is 2.42 bits per heavy atom. The normalized spacial score (nSPS) is 15.2. The molecule has 0 bridgehead atoms. The third kappa shape index (κ3) is 4.93. The van der Waals surface area contributed by atoms with Crippen LogP contribution in [0, 0.1) is 16.0 Å². The summed E-state index contributed by atoms with van der Waals surface area (Å²) < 4.78 is 11.0. The van der Waals surface area contributed by atoms with E-state index < -0.39 is 10.8 Å². The molecule has 4 rings (SSSR count). The topological polar surface area (TPSA) is 111 Å². The second-order valence-electron chi connectivity index (χ2n) is 7.45. The largest absolute Gasteiger partial charge is 0.494 e. The zero-order valence-electron chi connectivity index (χ0n) is 17.8. The van der Waals surface area contributed by atoms with Crippen molar-refractivity contribution >= 4 is 28.9 Å². The number of anilines is 2. The molecular formula is C24H21N3O6. The number of hydrogen-bond donors (Lipinski definition) is 1. The Kier molecular flexibility index (Phi) is 6.21. The second kappa shape index (κ2) is 9.39. The average Bonchev–Trinajstić information content (AvgIpc) is 3.22. The Morgan fingerprint density at radius 1 is 1.06 bits per heavy atom. The third-order valence-electron chi connectivity index (χ3n) is 5.26. The molecule has 33 heavy (non-hydrogen) atoms. The standard InChI is InChI=1S/C24H21N3O6/c1-32-22-14-18(27(30)31)9-12-21(22)26-15-16(13-23(26)28)24(29)25-17-7-10-20(11-8-17)33-19-5-3-2-4-6-19/h2-12,14,16H,13,15H2,1H3,(H,25,29)/t16-/m1/s1. The first kappa shape index (κ1) is 21.8. The fourth-order valence-electron chi connectivity index (χ4n) is 3.59. The molecule has 0 unspecified atom stereocenters. The van der Waals surface area contributed by atoms with Gasteiger partial charge in [-0.15, -0.1) is 0 Å². The summed E-state index contributed by atoms with van der Waals surface area (Å²) in [6.45, 7) is 0.147. The van der Waals surface area contributed by atoms with E-state index in [4.69, 9.17) is 9.47 Å². The van der Waals surface area contributed by atoms with Gasteiger partial charge in [-0.25, -0.2) is 0 Å². The fourth-order valence-corrected chi connectivity index (χ4v) is 3.59. The van der Waals surface area contributed by atoms with Crippen molar-refractivity contribution in [2.75, 3.05) is 23.9 Å². The van der Waals surface area contributed by atoms with E-state index in [0.717, 1.165) is 0 Å². The van der Waals surface area contributed by atoms with Crippen molar-refractivity contribution in [3.05, 3.63) is 82.9 Å². The van der Waals surface area contributed by atoms with Gasteiger partial charge in [0.25, 0.3) is 5.69 Å². The summed E-state index contributed by atoms with van der Waals surface area (Å²) in [5.41, 5.74) is 0.835. The van der Waals surface area contributed by atoms with Crippen LogP contribution in [-0.2, 0) is 9.59 Å². The van der Waals surface area contributed by atoms with Crippen LogP contribution >= 0.6 is 0 Å². The predicted octanol–water partition coefficient (Wildman–Crippen LogP) is 4.39. The molecule has 1 fully saturated rings. The van der Waals surface area contributed by atoms with E-state index in [1.54, 1.807) is 24.3 Å². The second-order valence-corrected chi connectivity index (χ2v) is 7.45. The first-order chi connectivity index (χ1) is 15.9. The van der Waals surface area contributed by atoms with Crippen molar-refractivity contribution in [1.82, 2.24) is 0 Å². The number of para-hydroxylation sites is 1. The van der Waals surface area contributed by atoms with Gasteiger partial charge in [-0.2, -0.15) is 0 Å². The molecule has 9 heteroatoms. The summed E-state index contributed by atoms with van der Waals surface area (Å²) in [5, 5.41) is 13.8. The van der Waals surface area contributed by atoms with Crippen LogP contribution in [0.5, 0.6) is 17.2 Å². The maximum atomic E-state index is 12.8. The van der Waals surface area contributed by atoms with E-state index >= 15 is 0 Å². The lowest BCUT2D eigenvalue weighted by Crippen LogP contribution is -2.28. The van der Waals surface area contributed by atoms with Gasteiger partial charge >= 0.3 is 0 Å². The minimum atomic E-state index is -0.572. The first-order valence-electron chi connectivity index (χ1n) is 10.2. The average molecular weight is 447 g/mol. The number of nitro benzene ring substituents is 1. The number of hydrogen-bond acceptors (Lipinski definition) is 6. The first-order valence-corrected chi connectivity index (χ1v) is 10.2. The number of carbonyl (C=O) groups excluding carboxylic acids is 2. The third-order valence-corrected chi connectivity index (χ3v) is 5.26. The van der Waals surface area contributed by atoms with Gasteiger partial charge in [0.2, 0.25) is 11.8 Å². The van der Waals surface area contributed by atoms with Gasteiger partial charge in [0.1, 0.15) is 17.2 Å². The molecule has 1 saturated heterocycles. The molecule has 1 heterocycles. The predicted molar refractivity (Wildman–Crippen MR) is 122 cm³/mol. The lowest BCUT2D eigenvalue weighted by atomic mass is 10.1. The quantitative estimate of drug-likeness (QED) is 0.425. The van der Waals surface area contributed by atoms with Gasteiger partial charge in [-0.05, 0) is 42.5 Å². The number of benzene rings is 3. The van der Waals surface area contributed by atoms with Crippen molar-refractivity contribution in [3.63, 3.8) is 0 Å². The van der Waals surface area contributed by atoms with E-state index in [1.807, 2.05) is 30.3 Å². The van der Waals surface area contributed by atoms with Crippen molar-refractivity contribution in [3.8, 4) is 17.2 Å². The number of rotatable bonds is 7. The molecule has 1 aliphatic heterocycles. The smallest absolute Gasteiger partial charge is 0.273 e. The SMILES string of the molecule is COc1cc([N+](=O)[O-])ccc1N1C[C@H](C(=O)Nc2ccc(Oc3ccccc3)cc2)CC1=O. The molecule has 0 aromatic heterocycles. The van der Waals surface area contributed by atoms with Crippen LogP contribution in [0.1, 0.15) is 6.42 Å². The molecule has 9 nitrogen and oxygen atoms in total. The number of carbonyl (C=O) groups is 2. The summed E-state index contributed by atoms with van der Waals surface area (Å²) in [6, 6.07) is 20.3. The van der Waals surface area contributed by atoms with Crippen LogP contribution in [0.25, 0.3) is 0 Å². The highest BCUT2D eigenvalue weighted by Gasteiger charge is 2.36. The van der Waals surface area contributed by atoms with Crippen molar-refractivity contribution in [1.29, 1.82) is 0 Å². The molecule has 3 aromatic carbocycles. The van der Waals surface area contributed by atoms with Crippen LogP contribution < -0.4 is 19.7 Å². The molecule has 1 atom stereocenters. The number of nitrogens with one attached hydrogen (secondary N) is 1. The highest BCUT2D eigenvalue weighted by molar-refractivity contribution is 6.04. The van der Waals surface area contributed by atoms with Crippen LogP contribution in [0.4, 0.5) is 17.1 Å².